The number of nitrogens with zero attached hydrogens (tertiary/aromatic N) is 1. The SMILES string of the molecule is Cn1cccc1C(=O)Nc1cc(S(C)(=O)=O)ccc1Cl. The molecule has 0 fully saturated rings. The molecular weight excluding hydrogens is 300 g/mol. The molecule has 0 aliphatic carbocycles. The molecule has 0 radical (unpaired) electrons. The number of carbonyl (C=O) groups is 1. The lowest BCUT2D eigenvalue weighted by molar-refractivity contribution is 0.101. The van der Waals surface area contributed by atoms with Crippen molar-refractivity contribution < 1.29 is 13.2 Å². The number of hydrogen-bond donors (Lipinski definition) is 1. The summed E-state index contributed by atoms with van der Waals surface area (Å²) in [6.07, 6.45) is 2.84. The normalized spacial score (nSPS) is 11.3. The average molecular weight is 313 g/mol. The minimum absolute atomic E-state index is 0.101. The molecule has 1 aromatic heterocycles. The van der Waals surface area contributed by atoms with Crippen LogP contribution in [0.25, 0.3) is 0 Å². The minimum Gasteiger partial charge on any atom is -0.347 e. The van der Waals surface area contributed by atoms with Gasteiger partial charge in [0.25, 0.3) is 5.91 Å². The molecule has 0 spiro atoms. The number of benzene rings is 1. The van der Waals surface area contributed by atoms with E-state index in [-0.39, 0.29) is 21.5 Å². The van der Waals surface area contributed by atoms with E-state index < -0.39 is 9.84 Å². The van der Waals surface area contributed by atoms with Crippen LogP contribution in [-0.2, 0) is 16.9 Å². The van der Waals surface area contributed by atoms with Gasteiger partial charge >= 0.3 is 0 Å². The molecule has 106 valence electrons. The van der Waals surface area contributed by atoms with E-state index in [0.29, 0.717) is 5.69 Å². The summed E-state index contributed by atoms with van der Waals surface area (Å²) in [5, 5.41) is 2.89. The third-order valence-corrected chi connectivity index (χ3v) is 4.23. The number of carbonyl (C=O) groups excluding carboxylic acids is 1. The molecule has 7 heteroatoms. The smallest absolute Gasteiger partial charge is 0.272 e. The second-order valence-electron chi connectivity index (χ2n) is 4.37. The molecule has 0 aliphatic rings. The van der Waals surface area contributed by atoms with Crippen molar-refractivity contribution in [2.24, 2.45) is 7.05 Å². The monoisotopic (exact) mass is 312 g/mol. The van der Waals surface area contributed by atoms with E-state index in [1.165, 1.54) is 18.2 Å². The Balaban J connectivity index is 2.34. The third-order valence-electron chi connectivity index (χ3n) is 2.79. The highest BCUT2D eigenvalue weighted by atomic mass is 35.5. The Kier molecular flexibility index (Phi) is 3.87. The number of aryl methyl sites for hydroxylation is 1. The van der Waals surface area contributed by atoms with Crippen molar-refractivity contribution in [2.75, 3.05) is 11.6 Å². The number of nitrogens with one attached hydrogen (secondary N) is 1. The van der Waals surface area contributed by atoms with Crippen LogP contribution in [-0.4, -0.2) is 25.1 Å². The highest BCUT2D eigenvalue weighted by molar-refractivity contribution is 7.90. The van der Waals surface area contributed by atoms with E-state index in [0.717, 1.165) is 6.26 Å². The number of sulfone groups is 1. The Morgan fingerprint density at radius 2 is 2.00 bits per heavy atom. The molecule has 5 nitrogen and oxygen atoms in total. The lowest BCUT2D eigenvalue weighted by Crippen LogP contribution is -2.16. The first kappa shape index (κ1) is 14.6. The first-order valence-electron chi connectivity index (χ1n) is 5.71. The highest BCUT2D eigenvalue weighted by Crippen LogP contribution is 2.25. The van der Waals surface area contributed by atoms with Crippen LogP contribution in [0.3, 0.4) is 0 Å². The van der Waals surface area contributed by atoms with Gasteiger partial charge in [0.05, 0.1) is 15.6 Å². The Bertz CT molecular complexity index is 766. The van der Waals surface area contributed by atoms with Crippen LogP contribution in [0.15, 0.2) is 41.4 Å². The third kappa shape index (κ3) is 3.02. The highest BCUT2D eigenvalue weighted by Gasteiger charge is 2.14. The van der Waals surface area contributed by atoms with Gasteiger partial charge in [0.2, 0.25) is 0 Å². The number of aromatic nitrogens is 1. The van der Waals surface area contributed by atoms with Crippen molar-refractivity contribution in [2.45, 2.75) is 4.90 Å². The average Bonchev–Trinajstić information content (AvgIpc) is 2.77. The molecular formula is C13H13ClN2O3S. The van der Waals surface area contributed by atoms with Crippen LogP contribution in [0.4, 0.5) is 5.69 Å². The van der Waals surface area contributed by atoms with Crippen molar-refractivity contribution in [1.29, 1.82) is 0 Å². The predicted molar refractivity (Wildman–Crippen MR) is 77.9 cm³/mol. The summed E-state index contributed by atoms with van der Waals surface area (Å²) < 4.78 is 24.7. The lowest BCUT2D eigenvalue weighted by atomic mass is 10.3. The maximum Gasteiger partial charge on any atom is 0.272 e. The quantitative estimate of drug-likeness (QED) is 0.945. The summed E-state index contributed by atoms with van der Waals surface area (Å²) in [6, 6.07) is 7.58. The van der Waals surface area contributed by atoms with Crippen LogP contribution < -0.4 is 5.32 Å². The second-order valence-corrected chi connectivity index (χ2v) is 6.80. The maximum absolute atomic E-state index is 12.1. The zero-order valence-electron chi connectivity index (χ0n) is 10.9. The molecule has 20 heavy (non-hydrogen) atoms. The van der Waals surface area contributed by atoms with Crippen LogP contribution in [0.2, 0.25) is 5.02 Å². The predicted octanol–water partition coefficient (Wildman–Crippen LogP) is 2.33. The summed E-state index contributed by atoms with van der Waals surface area (Å²) in [4.78, 5) is 12.2. The van der Waals surface area contributed by atoms with E-state index in [2.05, 4.69) is 5.32 Å². The fourth-order valence-corrected chi connectivity index (χ4v) is 2.53. The van der Waals surface area contributed by atoms with Crippen molar-refractivity contribution in [3.63, 3.8) is 0 Å². The van der Waals surface area contributed by atoms with Gasteiger partial charge in [-0.25, -0.2) is 8.42 Å². The molecule has 0 aliphatic heterocycles. The Morgan fingerprint density at radius 3 is 2.55 bits per heavy atom. The standard InChI is InChI=1S/C13H13ClN2O3S/c1-16-7-3-4-12(16)13(17)15-11-8-9(20(2,18)19)5-6-10(11)14/h3-8H,1-2H3,(H,15,17). The number of hydrogen-bond acceptors (Lipinski definition) is 3. The van der Waals surface area contributed by atoms with Crippen molar-refractivity contribution in [1.82, 2.24) is 4.57 Å². The van der Waals surface area contributed by atoms with Crippen LogP contribution in [0, 0.1) is 0 Å². The number of anilines is 1. The fourth-order valence-electron chi connectivity index (χ4n) is 1.71. The van der Waals surface area contributed by atoms with Gasteiger partial charge in [-0.1, -0.05) is 11.6 Å². The second kappa shape index (κ2) is 5.30. The molecule has 0 saturated heterocycles. The van der Waals surface area contributed by atoms with Crippen molar-refractivity contribution in [3.8, 4) is 0 Å². The molecule has 1 N–H and O–H groups in total. The molecule has 2 rings (SSSR count). The van der Waals surface area contributed by atoms with Gasteiger partial charge in [0.1, 0.15) is 5.69 Å². The summed E-state index contributed by atoms with van der Waals surface area (Å²) >= 11 is 5.98. The molecule has 0 saturated carbocycles. The van der Waals surface area contributed by atoms with E-state index in [4.69, 9.17) is 11.6 Å². The van der Waals surface area contributed by atoms with Gasteiger partial charge in [0.15, 0.2) is 9.84 Å². The molecule has 1 heterocycles. The van der Waals surface area contributed by atoms with Gasteiger partial charge in [-0.2, -0.15) is 0 Å². The van der Waals surface area contributed by atoms with E-state index >= 15 is 0 Å². The molecule has 0 atom stereocenters. The van der Waals surface area contributed by atoms with Crippen molar-refractivity contribution >= 4 is 33.0 Å². The molecule has 1 amide bonds. The largest absolute Gasteiger partial charge is 0.347 e. The lowest BCUT2D eigenvalue weighted by Gasteiger charge is -2.09. The van der Waals surface area contributed by atoms with Gasteiger partial charge in [-0.05, 0) is 30.3 Å². The topological polar surface area (TPSA) is 68.2 Å². The Morgan fingerprint density at radius 1 is 1.30 bits per heavy atom. The van der Waals surface area contributed by atoms with Gasteiger partial charge in [-0.3, -0.25) is 4.79 Å². The molecule has 0 bridgehead atoms. The zero-order valence-corrected chi connectivity index (χ0v) is 12.5. The summed E-state index contributed by atoms with van der Waals surface area (Å²) in [5.41, 5.74) is 0.714. The molecule has 2 aromatic rings. The molecule has 1 aromatic carbocycles. The van der Waals surface area contributed by atoms with Crippen LogP contribution in [0.1, 0.15) is 10.5 Å². The first-order chi connectivity index (χ1) is 9.29. The number of rotatable bonds is 3. The zero-order chi connectivity index (χ0) is 14.9. The van der Waals surface area contributed by atoms with E-state index in [1.807, 2.05) is 0 Å². The van der Waals surface area contributed by atoms with Gasteiger partial charge in [0, 0.05) is 19.5 Å². The first-order valence-corrected chi connectivity index (χ1v) is 7.98. The summed E-state index contributed by atoms with van der Waals surface area (Å²) in [5.74, 6) is -0.356. The summed E-state index contributed by atoms with van der Waals surface area (Å²) in [6.45, 7) is 0. The van der Waals surface area contributed by atoms with Gasteiger partial charge < -0.3 is 9.88 Å². The van der Waals surface area contributed by atoms with Crippen LogP contribution in [0.5, 0.6) is 0 Å². The van der Waals surface area contributed by atoms with Gasteiger partial charge in [-0.15, -0.1) is 0 Å². The minimum atomic E-state index is -3.35. The fraction of sp³-hybridized carbons (Fsp3) is 0.154. The van der Waals surface area contributed by atoms with E-state index in [1.54, 1.807) is 29.9 Å². The Labute approximate surface area is 122 Å². The number of halogens is 1. The Hall–Kier alpha value is -1.79. The maximum atomic E-state index is 12.1. The van der Waals surface area contributed by atoms with Crippen LogP contribution >= 0.6 is 11.6 Å². The summed E-state index contributed by atoms with van der Waals surface area (Å²) in [7, 11) is -1.62. The van der Waals surface area contributed by atoms with Crippen molar-refractivity contribution in [3.05, 3.63) is 47.2 Å². The number of amides is 1. The van der Waals surface area contributed by atoms with E-state index in [9.17, 15) is 13.2 Å². The molecule has 0 unspecified atom stereocenters.